The number of pyridine rings is 1. The summed E-state index contributed by atoms with van der Waals surface area (Å²) >= 11 is 3.22. The fourth-order valence-corrected chi connectivity index (χ4v) is 2.08. The van der Waals surface area contributed by atoms with Gasteiger partial charge in [-0.25, -0.2) is 4.98 Å². The minimum Gasteiger partial charge on any atom is -0.394 e. The zero-order valence-electron chi connectivity index (χ0n) is 8.32. The predicted molar refractivity (Wildman–Crippen MR) is 58.7 cm³/mol. The molecular weight excluding hydrogens is 278 g/mol. The van der Waals surface area contributed by atoms with E-state index in [2.05, 4.69) is 20.9 Å². The summed E-state index contributed by atoms with van der Waals surface area (Å²) in [5.74, 6) is 0. The van der Waals surface area contributed by atoms with Crippen molar-refractivity contribution in [2.24, 2.45) is 0 Å². The molecule has 3 N–H and O–H groups in total. The highest BCUT2D eigenvalue weighted by atomic mass is 79.9. The van der Waals surface area contributed by atoms with Crippen LogP contribution in [0.3, 0.4) is 0 Å². The fourth-order valence-electron chi connectivity index (χ4n) is 1.73. The first-order chi connectivity index (χ1) is 7.63. The van der Waals surface area contributed by atoms with E-state index in [1.54, 1.807) is 18.2 Å². The molecule has 1 aromatic heterocycles. The molecule has 0 spiro atoms. The minimum atomic E-state index is -1.09. The fraction of sp³-hybridized carbons (Fsp3) is 0.500. The van der Waals surface area contributed by atoms with Gasteiger partial charge in [0.1, 0.15) is 29.0 Å². The number of aliphatic hydroxyl groups is 3. The van der Waals surface area contributed by atoms with Gasteiger partial charge in [0.25, 0.3) is 0 Å². The normalized spacial score (nSPS) is 34.2. The zero-order chi connectivity index (χ0) is 11.7. The molecule has 5 nitrogen and oxygen atoms in total. The van der Waals surface area contributed by atoms with Crippen LogP contribution in [0.2, 0.25) is 0 Å². The van der Waals surface area contributed by atoms with Crippen molar-refractivity contribution in [1.29, 1.82) is 0 Å². The second-order valence-electron chi connectivity index (χ2n) is 3.64. The molecular formula is C10H12BrNO4. The van der Waals surface area contributed by atoms with Crippen molar-refractivity contribution in [2.75, 3.05) is 6.61 Å². The smallest absolute Gasteiger partial charge is 0.128 e. The Labute approximate surface area is 101 Å². The van der Waals surface area contributed by atoms with Gasteiger partial charge < -0.3 is 20.1 Å². The Hall–Kier alpha value is -0.530. The van der Waals surface area contributed by atoms with Gasteiger partial charge in [-0.2, -0.15) is 0 Å². The molecule has 0 radical (unpaired) electrons. The quantitative estimate of drug-likeness (QED) is 0.668. The van der Waals surface area contributed by atoms with Crippen LogP contribution in [0.5, 0.6) is 0 Å². The molecule has 4 atom stereocenters. The van der Waals surface area contributed by atoms with Gasteiger partial charge in [-0.1, -0.05) is 6.07 Å². The topological polar surface area (TPSA) is 82.8 Å². The number of ether oxygens (including phenoxy) is 1. The lowest BCUT2D eigenvalue weighted by Crippen LogP contribution is -2.32. The average molecular weight is 290 g/mol. The SMILES string of the molecule is OC[C@H]1OC(c2cccc(Br)n2)[C@H](O)[C@@H]1O. The average Bonchev–Trinajstić information content (AvgIpc) is 2.56. The standard InChI is InChI=1S/C10H12BrNO4/c11-7-3-1-2-5(12-7)10-9(15)8(14)6(4-13)16-10/h1-3,6,8-10,13-15H,4H2/t6-,8-,9-,10?/m1/s1. The summed E-state index contributed by atoms with van der Waals surface area (Å²) in [4.78, 5) is 4.15. The molecule has 0 aromatic carbocycles. The monoisotopic (exact) mass is 289 g/mol. The molecule has 2 rings (SSSR count). The summed E-state index contributed by atoms with van der Waals surface area (Å²) in [5, 5.41) is 28.3. The highest BCUT2D eigenvalue weighted by molar-refractivity contribution is 9.10. The first-order valence-corrected chi connectivity index (χ1v) is 5.67. The van der Waals surface area contributed by atoms with Crippen molar-refractivity contribution >= 4 is 15.9 Å². The molecule has 2 heterocycles. The molecule has 1 unspecified atom stereocenters. The Kier molecular flexibility index (Phi) is 3.56. The molecule has 0 saturated carbocycles. The van der Waals surface area contributed by atoms with Crippen LogP contribution in [0.15, 0.2) is 22.8 Å². The van der Waals surface area contributed by atoms with Crippen LogP contribution >= 0.6 is 15.9 Å². The van der Waals surface area contributed by atoms with Crippen LogP contribution in [0, 0.1) is 0 Å². The highest BCUT2D eigenvalue weighted by Gasteiger charge is 2.43. The van der Waals surface area contributed by atoms with Gasteiger partial charge in [0.15, 0.2) is 0 Å². The van der Waals surface area contributed by atoms with Gasteiger partial charge in [0.2, 0.25) is 0 Å². The molecule has 1 aromatic rings. The number of hydrogen-bond donors (Lipinski definition) is 3. The Bertz CT molecular complexity index is 376. The predicted octanol–water partition coefficient (Wildman–Crippen LogP) is -0.00190. The molecule has 6 heteroatoms. The van der Waals surface area contributed by atoms with Crippen LogP contribution < -0.4 is 0 Å². The molecule has 1 aliphatic heterocycles. The molecule has 0 bridgehead atoms. The van der Waals surface area contributed by atoms with E-state index in [1.165, 1.54) is 0 Å². The molecule has 16 heavy (non-hydrogen) atoms. The Balaban J connectivity index is 2.23. The van der Waals surface area contributed by atoms with Crippen molar-refractivity contribution < 1.29 is 20.1 Å². The summed E-state index contributed by atoms with van der Waals surface area (Å²) in [5.41, 5.74) is 0.525. The minimum absolute atomic E-state index is 0.331. The zero-order valence-corrected chi connectivity index (χ0v) is 9.91. The summed E-state index contributed by atoms with van der Waals surface area (Å²) in [6.45, 7) is -0.331. The van der Waals surface area contributed by atoms with Crippen LogP contribution in [0.4, 0.5) is 0 Å². The van der Waals surface area contributed by atoms with Crippen LogP contribution in [0.1, 0.15) is 11.8 Å². The van der Waals surface area contributed by atoms with Gasteiger partial charge in [-0.15, -0.1) is 0 Å². The van der Waals surface area contributed by atoms with Crippen molar-refractivity contribution in [1.82, 2.24) is 4.98 Å². The van der Waals surface area contributed by atoms with Gasteiger partial charge in [-0.05, 0) is 28.1 Å². The van der Waals surface area contributed by atoms with E-state index in [4.69, 9.17) is 9.84 Å². The van der Waals surface area contributed by atoms with E-state index in [0.717, 1.165) is 0 Å². The molecule has 0 amide bonds. The number of rotatable bonds is 2. The van der Waals surface area contributed by atoms with Gasteiger partial charge >= 0.3 is 0 Å². The van der Waals surface area contributed by atoms with E-state index in [-0.39, 0.29) is 6.61 Å². The third-order valence-corrected chi connectivity index (χ3v) is 3.01. The summed E-state index contributed by atoms with van der Waals surface area (Å²) < 4.78 is 5.97. The number of halogens is 1. The van der Waals surface area contributed by atoms with Crippen molar-refractivity contribution in [3.63, 3.8) is 0 Å². The van der Waals surface area contributed by atoms with E-state index in [9.17, 15) is 10.2 Å². The molecule has 1 fully saturated rings. The number of hydrogen-bond acceptors (Lipinski definition) is 5. The largest absolute Gasteiger partial charge is 0.394 e. The van der Waals surface area contributed by atoms with E-state index < -0.39 is 24.4 Å². The number of aliphatic hydroxyl groups excluding tert-OH is 3. The lowest BCUT2D eigenvalue weighted by atomic mass is 10.1. The first kappa shape index (κ1) is 11.9. The van der Waals surface area contributed by atoms with Crippen LogP contribution in [-0.4, -0.2) is 45.2 Å². The van der Waals surface area contributed by atoms with Gasteiger partial charge in [0.05, 0.1) is 12.3 Å². The van der Waals surface area contributed by atoms with E-state index in [1.807, 2.05) is 0 Å². The van der Waals surface area contributed by atoms with Crippen molar-refractivity contribution in [3.05, 3.63) is 28.5 Å². The molecule has 1 saturated heterocycles. The van der Waals surface area contributed by atoms with Crippen LogP contribution in [0.25, 0.3) is 0 Å². The maximum absolute atomic E-state index is 9.76. The van der Waals surface area contributed by atoms with Gasteiger partial charge in [-0.3, -0.25) is 0 Å². The van der Waals surface area contributed by atoms with Gasteiger partial charge in [0, 0.05) is 0 Å². The number of nitrogens with zero attached hydrogens (tertiary/aromatic N) is 1. The Morgan fingerprint density at radius 3 is 2.62 bits per heavy atom. The van der Waals surface area contributed by atoms with E-state index in [0.29, 0.717) is 10.3 Å². The second kappa shape index (κ2) is 4.77. The van der Waals surface area contributed by atoms with Crippen LogP contribution in [-0.2, 0) is 4.74 Å². The van der Waals surface area contributed by atoms with E-state index >= 15 is 0 Å². The second-order valence-corrected chi connectivity index (χ2v) is 4.46. The number of aromatic nitrogens is 1. The first-order valence-electron chi connectivity index (χ1n) is 4.88. The summed E-state index contributed by atoms with van der Waals surface area (Å²) in [7, 11) is 0. The third-order valence-electron chi connectivity index (χ3n) is 2.57. The molecule has 0 aliphatic carbocycles. The lowest BCUT2D eigenvalue weighted by molar-refractivity contribution is -0.0239. The summed E-state index contributed by atoms with van der Waals surface area (Å²) in [6, 6.07) is 5.22. The molecule has 88 valence electrons. The highest BCUT2D eigenvalue weighted by Crippen LogP contribution is 2.32. The maximum atomic E-state index is 9.76. The van der Waals surface area contributed by atoms with Crippen molar-refractivity contribution in [3.8, 4) is 0 Å². The lowest BCUT2D eigenvalue weighted by Gasteiger charge is -2.13. The van der Waals surface area contributed by atoms with Crippen molar-refractivity contribution in [2.45, 2.75) is 24.4 Å². The Morgan fingerprint density at radius 2 is 2.06 bits per heavy atom. The maximum Gasteiger partial charge on any atom is 0.128 e. The third kappa shape index (κ3) is 2.11. The molecule has 1 aliphatic rings. The summed E-state index contributed by atoms with van der Waals surface area (Å²) in [6.07, 6.45) is -3.62. The Morgan fingerprint density at radius 1 is 1.31 bits per heavy atom.